The highest BCUT2D eigenvalue weighted by atomic mass is 16.5. The Morgan fingerprint density at radius 2 is 1.36 bits per heavy atom. The molecule has 4 N–H and O–H groups in total. The highest BCUT2D eigenvalue weighted by Crippen LogP contribution is 2.33. The molecule has 122 valence electrons. The van der Waals surface area contributed by atoms with E-state index in [0.29, 0.717) is 22.7 Å². The minimum absolute atomic E-state index is 0.325. The average Bonchev–Trinajstić information content (AvgIpc) is 2.63. The van der Waals surface area contributed by atoms with E-state index in [1.54, 1.807) is 18.2 Å². The van der Waals surface area contributed by atoms with Gasteiger partial charge in [0.05, 0.1) is 11.3 Å². The summed E-state index contributed by atoms with van der Waals surface area (Å²) in [5.41, 5.74) is 13.2. The first kappa shape index (κ1) is 15.0. The number of ether oxygens (including phenoxy) is 1. The van der Waals surface area contributed by atoms with Crippen molar-refractivity contribution in [3.8, 4) is 5.75 Å². The van der Waals surface area contributed by atoms with Crippen LogP contribution in [0.25, 0.3) is 21.5 Å². The molecule has 0 aliphatic rings. The van der Waals surface area contributed by atoms with Crippen LogP contribution in [0.3, 0.4) is 0 Å². The van der Waals surface area contributed by atoms with Gasteiger partial charge in [0.25, 0.3) is 0 Å². The molecule has 0 spiro atoms. The van der Waals surface area contributed by atoms with Crippen LogP contribution in [0, 0.1) is 0 Å². The van der Waals surface area contributed by atoms with Gasteiger partial charge in [0, 0.05) is 11.1 Å². The van der Waals surface area contributed by atoms with Gasteiger partial charge < -0.3 is 16.2 Å². The lowest BCUT2D eigenvalue weighted by atomic mass is 10.0. The van der Waals surface area contributed by atoms with E-state index < -0.39 is 5.97 Å². The molecule has 0 fully saturated rings. The molecular formula is C21H16N2O2. The lowest BCUT2D eigenvalue weighted by Gasteiger charge is -2.12. The van der Waals surface area contributed by atoms with E-state index in [9.17, 15) is 4.79 Å². The molecule has 4 heteroatoms. The third kappa shape index (κ3) is 2.64. The lowest BCUT2D eigenvalue weighted by molar-refractivity contribution is 0.0739. The molecule has 4 aromatic rings. The van der Waals surface area contributed by atoms with Crippen molar-refractivity contribution >= 4 is 38.9 Å². The molecule has 0 aliphatic heterocycles. The first-order valence-electron chi connectivity index (χ1n) is 7.91. The number of carbonyl (C=O) groups excluding carboxylic acids is 1. The summed E-state index contributed by atoms with van der Waals surface area (Å²) in [5.74, 6) is -0.165. The van der Waals surface area contributed by atoms with Gasteiger partial charge in [-0.1, -0.05) is 54.6 Å². The van der Waals surface area contributed by atoms with Crippen molar-refractivity contribution in [3.63, 3.8) is 0 Å². The first-order valence-corrected chi connectivity index (χ1v) is 7.91. The minimum atomic E-state index is -0.522. The van der Waals surface area contributed by atoms with Crippen molar-refractivity contribution in [2.75, 3.05) is 11.5 Å². The van der Waals surface area contributed by atoms with Gasteiger partial charge in [0.1, 0.15) is 0 Å². The number of fused-ring (bicyclic) bond motifs is 2. The van der Waals surface area contributed by atoms with Gasteiger partial charge in [0.2, 0.25) is 0 Å². The van der Waals surface area contributed by atoms with Gasteiger partial charge in [-0.05, 0) is 34.4 Å². The fraction of sp³-hybridized carbons (Fsp3) is 0. The second-order valence-electron chi connectivity index (χ2n) is 5.88. The molecule has 4 rings (SSSR count). The number of benzene rings is 4. The summed E-state index contributed by atoms with van der Waals surface area (Å²) in [4.78, 5) is 12.7. The van der Waals surface area contributed by atoms with Crippen LogP contribution in [0.1, 0.15) is 10.4 Å². The number of esters is 1. The van der Waals surface area contributed by atoms with Crippen LogP contribution in [0.15, 0.2) is 72.8 Å². The van der Waals surface area contributed by atoms with Gasteiger partial charge in [0.15, 0.2) is 5.75 Å². The highest BCUT2D eigenvalue weighted by Gasteiger charge is 2.16. The molecule has 0 heterocycles. The Kier molecular flexibility index (Phi) is 3.51. The standard InChI is InChI=1S/C21H16N2O2/c22-18-10-9-13-5-3-4-8-16(13)20(18)25-21(24)17-11-14-6-1-2-7-15(14)12-19(17)23/h1-12H,22-23H2. The lowest BCUT2D eigenvalue weighted by Crippen LogP contribution is -2.12. The zero-order valence-electron chi connectivity index (χ0n) is 13.4. The average molecular weight is 328 g/mol. The Bertz CT molecular complexity index is 1120. The van der Waals surface area contributed by atoms with E-state index in [0.717, 1.165) is 21.5 Å². The molecule has 4 aromatic carbocycles. The third-order valence-corrected chi connectivity index (χ3v) is 4.24. The number of hydrogen-bond acceptors (Lipinski definition) is 4. The van der Waals surface area contributed by atoms with E-state index in [4.69, 9.17) is 16.2 Å². The maximum Gasteiger partial charge on any atom is 0.345 e. The van der Waals surface area contributed by atoms with Gasteiger partial charge in [-0.15, -0.1) is 0 Å². The van der Waals surface area contributed by atoms with Crippen LogP contribution in [0.5, 0.6) is 5.75 Å². The Balaban J connectivity index is 1.78. The normalized spacial score (nSPS) is 10.9. The second kappa shape index (κ2) is 5.83. The quantitative estimate of drug-likeness (QED) is 0.325. The summed E-state index contributed by atoms with van der Waals surface area (Å²) >= 11 is 0. The summed E-state index contributed by atoms with van der Waals surface area (Å²) in [7, 11) is 0. The number of nitrogen functional groups attached to an aromatic ring is 2. The summed E-state index contributed by atoms with van der Waals surface area (Å²) in [6, 6.07) is 22.5. The predicted molar refractivity (Wildman–Crippen MR) is 102 cm³/mol. The van der Waals surface area contributed by atoms with Crippen molar-refractivity contribution in [1.29, 1.82) is 0 Å². The Morgan fingerprint density at radius 1 is 0.720 bits per heavy atom. The smallest absolute Gasteiger partial charge is 0.345 e. The van der Waals surface area contributed by atoms with Gasteiger partial charge >= 0.3 is 5.97 Å². The number of rotatable bonds is 2. The van der Waals surface area contributed by atoms with E-state index in [2.05, 4.69) is 0 Å². The SMILES string of the molecule is Nc1cc2ccccc2cc1C(=O)Oc1c(N)ccc2ccccc12. The van der Waals surface area contributed by atoms with Crippen LogP contribution in [-0.4, -0.2) is 5.97 Å². The van der Waals surface area contributed by atoms with Gasteiger partial charge in [-0.2, -0.15) is 0 Å². The summed E-state index contributed by atoms with van der Waals surface area (Å²) < 4.78 is 5.63. The molecule has 0 atom stereocenters. The summed E-state index contributed by atoms with van der Waals surface area (Å²) in [5, 5.41) is 3.64. The van der Waals surface area contributed by atoms with Crippen molar-refractivity contribution in [2.24, 2.45) is 0 Å². The van der Waals surface area contributed by atoms with E-state index >= 15 is 0 Å². The molecular weight excluding hydrogens is 312 g/mol. The Morgan fingerprint density at radius 3 is 2.12 bits per heavy atom. The van der Waals surface area contributed by atoms with Crippen LogP contribution in [0.4, 0.5) is 11.4 Å². The largest absolute Gasteiger partial charge is 0.420 e. The number of carbonyl (C=O) groups is 1. The molecule has 4 nitrogen and oxygen atoms in total. The Labute approximate surface area is 144 Å². The molecule has 0 aliphatic carbocycles. The third-order valence-electron chi connectivity index (χ3n) is 4.24. The van der Waals surface area contributed by atoms with Crippen molar-refractivity contribution < 1.29 is 9.53 Å². The zero-order valence-corrected chi connectivity index (χ0v) is 13.4. The van der Waals surface area contributed by atoms with E-state index in [1.165, 1.54) is 0 Å². The number of anilines is 2. The molecule has 0 amide bonds. The molecule has 0 saturated carbocycles. The molecule has 25 heavy (non-hydrogen) atoms. The van der Waals surface area contributed by atoms with Crippen LogP contribution >= 0.6 is 0 Å². The summed E-state index contributed by atoms with van der Waals surface area (Å²) in [6.07, 6.45) is 0. The minimum Gasteiger partial charge on any atom is -0.420 e. The Hall–Kier alpha value is -3.53. The highest BCUT2D eigenvalue weighted by molar-refractivity contribution is 6.04. The maximum absolute atomic E-state index is 12.7. The monoisotopic (exact) mass is 328 g/mol. The first-order chi connectivity index (χ1) is 12.1. The second-order valence-corrected chi connectivity index (χ2v) is 5.88. The fourth-order valence-corrected chi connectivity index (χ4v) is 2.96. The van der Waals surface area contributed by atoms with Crippen molar-refractivity contribution in [1.82, 2.24) is 0 Å². The van der Waals surface area contributed by atoms with Crippen molar-refractivity contribution in [3.05, 3.63) is 78.4 Å². The topological polar surface area (TPSA) is 78.3 Å². The summed E-state index contributed by atoms with van der Waals surface area (Å²) in [6.45, 7) is 0. The van der Waals surface area contributed by atoms with E-state index in [-0.39, 0.29) is 0 Å². The van der Waals surface area contributed by atoms with Crippen LogP contribution in [0.2, 0.25) is 0 Å². The van der Waals surface area contributed by atoms with Gasteiger partial charge in [-0.3, -0.25) is 0 Å². The number of hydrogen-bond donors (Lipinski definition) is 2. The molecule has 0 radical (unpaired) electrons. The van der Waals surface area contributed by atoms with Gasteiger partial charge in [-0.25, -0.2) is 4.79 Å². The van der Waals surface area contributed by atoms with E-state index in [1.807, 2.05) is 54.6 Å². The molecule has 0 bridgehead atoms. The molecule has 0 aromatic heterocycles. The number of nitrogens with two attached hydrogens (primary N) is 2. The molecule has 0 saturated heterocycles. The fourth-order valence-electron chi connectivity index (χ4n) is 2.96. The van der Waals surface area contributed by atoms with Crippen molar-refractivity contribution in [2.45, 2.75) is 0 Å². The van der Waals surface area contributed by atoms with Crippen LogP contribution in [-0.2, 0) is 0 Å². The predicted octanol–water partition coefficient (Wildman–Crippen LogP) is 4.38. The molecule has 0 unspecified atom stereocenters. The van der Waals surface area contributed by atoms with Crippen LogP contribution < -0.4 is 16.2 Å². The maximum atomic E-state index is 12.7. The zero-order chi connectivity index (χ0) is 17.4.